The molecule has 0 saturated heterocycles. The minimum absolute atomic E-state index is 0.145. The molecule has 0 spiro atoms. The first-order chi connectivity index (χ1) is 12.2. The van der Waals surface area contributed by atoms with E-state index in [1.165, 1.54) is 5.56 Å². The zero-order valence-electron chi connectivity index (χ0n) is 14.2. The van der Waals surface area contributed by atoms with Crippen LogP contribution in [0, 0.1) is 0 Å². The lowest BCUT2D eigenvalue weighted by Crippen LogP contribution is -2.36. The van der Waals surface area contributed by atoms with E-state index in [1.807, 2.05) is 24.3 Å². The zero-order chi connectivity index (χ0) is 17.2. The van der Waals surface area contributed by atoms with E-state index in [4.69, 9.17) is 0 Å². The molecule has 0 bridgehead atoms. The fourth-order valence-corrected chi connectivity index (χ4v) is 4.23. The summed E-state index contributed by atoms with van der Waals surface area (Å²) < 4.78 is 0. The number of aliphatic hydroxyl groups excluding tert-OH is 1. The van der Waals surface area contributed by atoms with Crippen molar-refractivity contribution >= 4 is 11.7 Å². The number of nitrogens with one attached hydrogen (secondary N) is 2. The van der Waals surface area contributed by atoms with Crippen LogP contribution < -0.4 is 10.6 Å². The van der Waals surface area contributed by atoms with Gasteiger partial charge < -0.3 is 15.7 Å². The molecule has 2 aliphatic carbocycles. The molecule has 2 aromatic rings. The summed E-state index contributed by atoms with van der Waals surface area (Å²) in [5.74, 6) is 0.530. The maximum atomic E-state index is 12.4. The predicted molar refractivity (Wildman–Crippen MR) is 98.8 cm³/mol. The Balaban J connectivity index is 1.36. The maximum Gasteiger partial charge on any atom is 0.319 e. The highest BCUT2D eigenvalue weighted by molar-refractivity contribution is 5.90. The van der Waals surface area contributed by atoms with Gasteiger partial charge in [0.25, 0.3) is 0 Å². The van der Waals surface area contributed by atoms with E-state index < -0.39 is 0 Å². The number of benzene rings is 2. The van der Waals surface area contributed by atoms with Crippen LogP contribution in [0.25, 0.3) is 0 Å². The summed E-state index contributed by atoms with van der Waals surface area (Å²) >= 11 is 0. The van der Waals surface area contributed by atoms with Gasteiger partial charge in [0.15, 0.2) is 0 Å². The largest absolute Gasteiger partial charge is 0.392 e. The Kier molecular flexibility index (Phi) is 4.45. The number of urea groups is 1. The van der Waals surface area contributed by atoms with E-state index in [1.54, 1.807) is 0 Å². The highest BCUT2D eigenvalue weighted by Crippen LogP contribution is 2.34. The number of carbonyl (C=O) groups is 1. The molecule has 1 fully saturated rings. The maximum absolute atomic E-state index is 12.4. The van der Waals surface area contributed by atoms with Crippen molar-refractivity contribution in [3.8, 4) is 0 Å². The summed E-state index contributed by atoms with van der Waals surface area (Å²) in [4.78, 5) is 12.4. The second kappa shape index (κ2) is 6.89. The van der Waals surface area contributed by atoms with Crippen molar-refractivity contribution in [2.75, 3.05) is 5.32 Å². The Bertz CT molecular complexity index is 760. The minimum Gasteiger partial charge on any atom is -0.392 e. The number of amides is 2. The van der Waals surface area contributed by atoms with Gasteiger partial charge in [-0.05, 0) is 54.4 Å². The number of aliphatic hydroxyl groups is 1. The van der Waals surface area contributed by atoms with Gasteiger partial charge in [-0.1, -0.05) is 42.5 Å². The van der Waals surface area contributed by atoms with Crippen LogP contribution in [0.15, 0.2) is 48.5 Å². The number of anilines is 1. The zero-order valence-corrected chi connectivity index (χ0v) is 14.2. The van der Waals surface area contributed by atoms with Crippen molar-refractivity contribution < 1.29 is 9.90 Å². The first kappa shape index (κ1) is 16.2. The van der Waals surface area contributed by atoms with Crippen molar-refractivity contribution in [3.05, 3.63) is 65.2 Å². The lowest BCUT2D eigenvalue weighted by atomic mass is 9.98. The fraction of sp³-hybridized carbons (Fsp3) is 0.381. The number of hydrogen-bond acceptors (Lipinski definition) is 2. The summed E-state index contributed by atoms with van der Waals surface area (Å²) in [5.41, 5.74) is 4.39. The second-order valence-electron chi connectivity index (χ2n) is 7.22. The topological polar surface area (TPSA) is 61.4 Å². The number of fused-ring (bicyclic) bond motifs is 1. The minimum atomic E-state index is -0.331. The first-order valence-electron chi connectivity index (χ1n) is 9.10. The standard InChI is InChI=1S/C21H24N2O2/c24-18-12-16-7-4-8-20(19(16)13-18)23-21(25)22-17-10-9-15(11-17)14-5-2-1-3-6-14/h1-8,15,17-18,24H,9-13H2,(H2,22,23,25)/t15-,17+,18-/m1/s1. The number of rotatable bonds is 3. The van der Waals surface area contributed by atoms with E-state index in [2.05, 4.69) is 34.9 Å². The summed E-state index contributed by atoms with van der Waals surface area (Å²) in [6, 6.07) is 16.5. The molecule has 2 amide bonds. The molecule has 4 rings (SSSR count). The van der Waals surface area contributed by atoms with Crippen LogP contribution in [0.3, 0.4) is 0 Å². The van der Waals surface area contributed by atoms with Gasteiger partial charge >= 0.3 is 6.03 Å². The summed E-state index contributed by atoms with van der Waals surface area (Å²) in [6.07, 6.45) is 4.07. The molecule has 0 radical (unpaired) electrons. The Hall–Kier alpha value is -2.33. The predicted octanol–water partition coefficient (Wildman–Crippen LogP) is 3.60. The van der Waals surface area contributed by atoms with Crippen LogP contribution in [0.1, 0.15) is 41.9 Å². The van der Waals surface area contributed by atoms with Gasteiger partial charge in [-0.25, -0.2) is 4.79 Å². The molecule has 130 valence electrons. The molecular weight excluding hydrogens is 312 g/mol. The van der Waals surface area contributed by atoms with Gasteiger partial charge in [0.2, 0.25) is 0 Å². The fourth-order valence-electron chi connectivity index (χ4n) is 4.23. The third-order valence-corrected chi connectivity index (χ3v) is 5.46. The molecule has 25 heavy (non-hydrogen) atoms. The average molecular weight is 336 g/mol. The molecule has 0 unspecified atom stereocenters. The Labute approximate surface area is 148 Å². The summed E-state index contributed by atoms with van der Waals surface area (Å²) in [6.45, 7) is 0. The third kappa shape index (κ3) is 3.54. The Morgan fingerprint density at radius 2 is 1.84 bits per heavy atom. The van der Waals surface area contributed by atoms with E-state index in [0.29, 0.717) is 18.8 Å². The van der Waals surface area contributed by atoms with Crippen molar-refractivity contribution in [3.63, 3.8) is 0 Å². The van der Waals surface area contributed by atoms with Gasteiger partial charge in [-0.3, -0.25) is 0 Å². The normalized spacial score (nSPS) is 24.8. The number of hydrogen-bond donors (Lipinski definition) is 3. The quantitative estimate of drug-likeness (QED) is 0.802. The smallest absolute Gasteiger partial charge is 0.319 e. The SMILES string of the molecule is O=C(Nc1cccc2c1C[C@H](O)C2)N[C@H]1CC[C@@H](c2ccccc2)C1. The van der Waals surface area contributed by atoms with Gasteiger partial charge in [0.1, 0.15) is 0 Å². The van der Waals surface area contributed by atoms with Crippen LogP contribution >= 0.6 is 0 Å². The van der Waals surface area contributed by atoms with E-state index in [9.17, 15) is 9.90 Å². The molecule has 0 aromatic heterocycles. The monoisotopic (exact) mass is 336 g/mol. The van der Waals surface area contributed by atoms with Gasteiger partial charge in [-0.15, -0.1) is 0 Å². The van der Waals surface area contributed by atoms with Crippen LogP contribution in [0.2, 0.25) is 0 Å². The van der Waals surface area contributed by atoms with E-state index in [0.717, 1.165) is 36.1 Å². The highest BCUT2D eigenvalue weighted by Gasteiger charge is 2.27. The van der Waals surface area contributed by atoms with Crippen LogP contribution in [-0.2, 0) is 12.8 Å². The molecule has 2 aliphatic rings. The van der Waals surface area contributed by atoms with Crippen LogP contribution in [0.5, 0.6) is 0 Å². The summed E-state index contributed by atoms with van der Waals surface area (Å²) in [7, 11) is 0. The molecule has 4 heteroatoms. The second-order valence-corrected chi connectivity index (χ2v) is 7.22. The summed E-state index contributed by atoms with van der Waals surface area (Å²) in [5, 5.41) is 15.9. The van der Waals surface area contributed by atoms with Crippen LogP contribution in [-0.4, -0.2) is 23.3 Å². The highest BCUT2D eigenvalue weighted by atomic mass is 16.3. The van der Waals surface area contributed by atoms with Crippen molar-refractivity contribution in [1.29, 1.82) is 0 Å². The van der Waals surface area contributed by atoms with E-state index >= 15 is 0 Å². The molecule has 4 nitrogen and oxygen atoms in total. The van der Waals surface area contributed by atoms with E-state index in [-0.39, 0.29) is 18.2 Å². The molecule has 3 atom stereocenters. The van der Waals surface area contributed by atoms with Gasteiger partial charge in [0, 0.05) is 18.2 Å². The van der Waals surface area contributed by atoms with Crippen LogP contribution in [0.4, 0.5) is 10.5 Å². The molecule has 3 N–H and O–H groups in total. The Morgan fingerprint density at radius 1 is 1.00 bits per heavy atom. The average Bonchev–Trinajstić information content (AvgIpc) is 3.22. The number of carbonyl (C=O) groups excluding carboxylic acids is 1. The van der Waals surface area contributed by atoms with Crippen molar-refractivity contribution in [2.24, 2.45) is 0 Å². The molecule has 1 saturated carbocycles. The van der Waals surface area contributed by atoms with Crippen molar-refractivity contribution in [2.45, 2.75) is 50.2 Å². The lowest BCUT2D eigenvalue weighted by molar-refractivity contribution is 0.187. The third-order valence-electron chi connectivity index (χ3n) is 5.46. The van der Waals surface area contributed by atoms with Gasteiger partial charge in [0.05, 0.1) is 6.10 Å². The molecule has 2 aromatic carbocycles. The molecule has 0 aliphatic heterocycles. The Morgan fingerprint density at radius 3 is 2.68 bits per heavy atom. The van der Waals surface area contributed by atoms with Crippen molar-refractivity contribution in [1.82, 2.24) is 5.32 Å². The van der Waals surface area contributed by atoms with Gasteiger partial charge in [-0.2, -0.15) is 0 Å². The molecule has 0 heterocycles. The molecular formula is C21H24N2O2. The first-order valence-corrected chi connectivity index (χ1v) is 9.10. The lowest BCUT2D eigenvalue weighted by Gasteiger charge is -2.16.